The van der Waals surface area contributed by atoms with Crippen LogP contribution >= 0.6 is 23.1 Å². The molecule has 1 saturated heterocycles. The molecule has 1 fully saturated rings. The number of aryl methyl sites for hydroxylation is 2. The van der Waals surface area contributed by atoms with E-state index < -0.39 is 0 Å². The molecule has 8 nitrogen and oxygen atoms in total. The van der Waals surface area contributed by atoms with Gasteiger partial charge in [0.25, 0.3) is 5.56 Å². The summed E-state index contributed by atoms with van der Waals surface area (Å²) in [5, 5.41) is 14.1. The zero-order chi connectivity index (χ0) is 22.4. The van der Waals surface area contributed by atoms with E-state index in [1.807, 2.05) is 21.9 Å². The lowest BCUT2D eigenvalue weighted by Crippen LogP contribution is -2.28. The lowest BCUT2D eigenvalue weighted by Gasteiger charge is -2.13. The maximum atomic E-state index is 13.1. The number of hydrogen-bond donors (Lipinski definition) is 1. The monoisotopic (exact) mass is 481 g/mol. The number of rotatable bonds is 6. The number of benzene rings is 1. The van der Waals surface area contributed by atoms with Gasteiger partial charge in [-0.25, -0.2) is 0 Å². The van der Waals surface area contributed by atoms with Gasteiger partial charge in [0.2, 0.25) is 11.7 Å². The number of aromatic nitrogens is 4. The standard InChI is InChI=1S/C23H23N5O3S2/c29-19(24-16-7-6-14-3-1-4-15(14)11-16)13-33-23-26-25-22-27(12-17-5-2-9-31-17)21(30)20-18(28(22)23)8-10-32-20/h6-8,10-11,17H,1-5,9,12-13H2,(H,24,29)/t17-/m1/s1. The average molecular weight is 482 g/mol. The number of ether oxygens (including phenoxy) is 1. The molecule has 1 aliphatic carbocycles. The second-order valence-electron chi connectivity index (χ2n) is 8.48. The molecule has 6 rings (SSSR count). The van der Waals surface area contributed by atoms with E-state index in [2.05, 4.69) is 27.6 Å². The fourth-order valence-electron chi connectivity index (χ4n) is 4.73. The predicted molar refractivity (Wildman–Crippen MR) is 129 cm³/mol. The Morgan fingerprint density at radius 2 is 2.12 bits per heavy atom. The highest BCUT2D eigenvalue weighted by Gasteiger charge is 2.23. The van der Waals surface area contributed by atoms with Gasteiger partial charge in [-0.2, -0.15) is 0 Å². The zero-order valence-corrected chi connectivity index (χ0v) is 19.6. The van der Waals surface area contributed by atoms with Gasteiger partial charge in [-0.05, 0) is 66.8 Å². The van der Waals surface area contributed by atoms with Crippen LogP contribution in [0.1, 0.15) is 30.4 Å². The number of thiophene rings is 1. The molecule has 1 aliphatic heterocycles. The van der Waals surface area contributed by atoms with E-state index in [-0.39, 0.29) is 23.3 Å². The summed E-state index contributed by atoms with van der Waals surface area (Å²) < 4.78 is 9.96. The summed E-state index contributed by atoms with van der Waals surface area (Å²) >= 11 is 2.73. The van der Waals surface area contributed by atoms with E-state index in [1.165, 1.54) is 40.6 Å². The van der Waals surface area contributed by atoms with Crippen LogP contribution in [-0.2, 0) is 28.9 Å². The Morgan fingerprint density at radius 3 is 3.00 bits per heavy atom. The second-order valence-corrected chi connectivity index (χ2v) is 10.3. The van der Waals surface area contributed by atoms with Crippen molar-refractivity contribution in [1.29, 1.82) is 0 Å². The molecule has 0 saturated carbocycles. The first-order valence-corrected chi connectivity index (χ1v) is 13.0. The third kappa shape index (κ3) is 3.85. The highest BCUT2D eigenvalue weighted by Crippen LogP contribution is 2.27. The minimum absolute atomic E-state index is 0.00909. The highest BCUT2D eigenvalue weighted by molar-refractivity contribution is 7.99. The molecule has 0 unspecified atom stereocenters. The number of carbonyl (C=O) groups is 1. The van der Waals surface area contributed by atoms with Crippen molar-refractivity contribution in [3.8, 4) is 0 Å². The quantitative estimate of drug-likeness (QED) is 0.424. The third-order valence-electron chi connectivity index (χ3n) is 6.31. The van der Waals surface area contributed by atoms with Crippen molar-refractivity contribution < 1.29 is 9.53 Å². The Morgan fingerprint density at radius 1 is 1.21 bits per heavy atom. The first-order valence-electron chi connectivity index (χ1n) is 11.2. The summed E-state index contributed by atoms with van der Waals surface area (Å²) in [6.45, 7) is 1.18. The van der Waals surface area contributed by atoms with Crippen molar-refractivity contribution in [1.82, 2.24) is 19.2 Å². The van der Waals surface area contributed by atoms with Crippen molar-refractivity contribution in [3.05, 3.63) is 51.1 Å². The highest BCUT2D eigenvalue weighted by atomic mass is 32.2. The fraction of sp³-hybridized carbons (Fsp3) is 0.391. The number of nitrogens with one attached hydrogen (secondary N) is 1. The summed E-state index contributed by atoms with van der Waals surface area (Å²) in [5.41, 5.74) is 4.24. The third-order valence-corrected chi connectivity index (χ3v) is 8.13. The molecule has 1 amide bonds. The van der Waals surface area contributed by atoms with Gasteiger partial charge in [0.1, 0.15) is 4.70 Å². The van der Waals surface area contributed by atoms with Crippen LogP contribution in [0, 0.1) is 0 Å². The molecular weight excluding hydrogens is 458 g/mol. The molecule has 0 radical (unpaired) electrons. The summed E-state index contributed by atoms with van der Waals surface area (Å²) in [5.74, 6) is 0.598. The van der Waals surface area contributed by atoms with Crippen LogP contribution in [0.4, 0.5) is 5.69 Å². The number of amides is 1. The Bertz CT molecular complexity index is 1420. The molecule has 4 heterocycles. The number of nitrogens with zero attached hydrogens (tertiary/aromatic N) is 4. The van der Waals surface area contributed by atoms with Crippen molar-refractivity contribution in [3.63, 3.8) is 0 Å². The molecular formula is C23H23N5O3S2. The lowest BCUT2D eigenvalue weighted by atomic mass is 10.1. The molecule has 0 bridgehead atoms. The minimum atomic E-state index is -0.0936. The zero-order valence-electron chi connectivity index (χ0n) is 18.0. The maximum Gasteiger partial charge on any atom is 0.272 e. The molecule has 1 atom stereocenters. The molecule has 170 valence electrons. The summed E-state index contributed by atoms with van der Waals surface area (Å²) in [6.07, 6.45) is 5.31. The van der Waals surface area contributed by atoms with E-state index in [0.717, 1.165) is 43.5 Å². The number of thioether (sulfide) groups is 1. The van der Waals surface area contributed by atoms with Gasteiger partial charge in [0, 0.05) is 12.3 Å². The number of carbonyl (C=O) groups excluding carboxylic acids is 1. The van der Waals surface area contributed by atoms with Crippen molar-refractivity contribution in [2.45, 2.75) is 49.9 Å². The van der Waals surface area contributed by atoms with Crippen LogP contribution < -0.4 is 10.9 Å². The van der Waals surface area contributed by atoms with Crippen molar-refractivity contribution in [2.24, 2.45) is 0 Å². The normalized spacial score (nSPS) is 17.8. The van der Waals surface area contributed by atoms with E-state index in [4.69, 9.17) is 4.74 Å². The Hall–Kier alpha value is -2.69. The van der Waals surface area contributed by atoms with Gasteiger partial charge in [0.05, 0.1) is 23.9 Å². The number of fused-ring (bicyclic) bond motifs is 4. The molecule has 1 N–H and O–H groups in total. The SMILES string of the molecule is O=C(CSc1nnc2n(C[C@H]3CCCO3)c(=O)c3sccc3n12)Nc1ccc2c(c1)CCC2. The van der Waals surface area contributed by atoms with Crippen LogP contribution in [0.25, 0.3) is 16.0 Å². The molecule has 1 aromatic carbocycles. The van der Waals surface area contributed by atoms with Crippen molar-refractivity contribution in [2.75, 3.05) is 17.7 Å². The summed E-state index contributed by atoms with van der Waals surface area (Å²) in [6, 6.07) is 8.06. The first kappa shape index (κ1) is 20.9. The smallest absolute Gasteiger partial charge is 0.272 e. The van der Waals surface area contributed by atoms with E-state index in [9.17, 15) is 9.59 Å². The molecule has 10 heteroatoms. The van der Waals surface area contributed by atoms with Crippen molar-refractivity contribution >= 4 is 50.7 Å². The molecule has 33 heavy (non-hydrogen) atoms. The summed E-state index contributed by atoms with van der Waals surface area (Å²) in [7, 11) is 0. The van der Waals surface area contributed by atoms with Crippen LogP contribution in [0.2, 0.25) is 0 Å². The minimum Gasteiger partial charge on any atom is -0.376 e. The molecule has 2 aliphatic rings. The van der Waals surface area contributed by atoms with Crippen LogP contribution in [0.15, 0.2) is 39.6 Å². The van der Waals surface area contributed by atoms with Gasteiger partial charge >= 0.3 is 0 Å². The average Bonchev–Trinajstić information content (AvgIpc) is 3.60. The molecule has 4 aromatic rings. The van der Waals surface area contributed by atoms with Gasteiger partial charge in [-0.3, -0.25) is 18.6 Å². The second kappa shape index (κ2) is 8.58. The fourth-order valence-corrected chi connectivity index (χ4v) is 6.29. The molecule has 3 aromatic heterocycles. The molecule has 0 spiro atoms. The van der Waals surface area contributed by atoms with Gasteiger partial charge in [0.15, 0.2) is 5.16 Å². The topological polar surface area (TPSA) is 90.5 Å². The summed E-state index contributed by atoms with van der Waals surface area (Å²) in [4.78, 5) is 25.8. The predicted octanol–water partition coefficient (Wildman–Crippen LogP) is 3.50. The van der Waals surface area contributed by atoms with E-state index in [1.54, 1.807) is 4.57 Å². The Kier molecular flexibility index (Phi) is 5.43. The Labute approximate surface area is 198 Å². The number of hydrogen-bond acceptors (Lipinski definition) is 7. The maximum absolute atomic E-state index is 13.1. The van der Waals surface area contributed by atoms with E-state index in [0.29, 0.717) is 22.2 Å². The van der Waals surface area contributed by atoms with Crippen LogP contribution in [0.3, 0.4) is 0 Å². The van der Waals surface area contributed by atoms with Gasteiger partial charge < -0.3 is 10.1 Å². The van der Waals surface area contributed by atoms with E-state index >= 15 is 0 Å². The van der Waals surface area contributed by atoms with Crippen LogP contribution in [0.5, 0.6) is 0 Å². The first-order chi connectivity index (χ1) is 16.2. The lowest BCUT2D eigenvalue weighted by molar-refractivity contribution is -0.113. The van der Waals surface area contributed by atoms with Gasteiger partial charge in [-0.15, -0.1) is 21.5 Å². The Balaban J connectivity index is 1.26. The largest absolute Gasteiger partial charge is 0.376 e. The van der Waals surface area contributed by atoms with Gasteiger partial charge in [-0.1, -0.05) is 17.8 Å². The number of anilines is 1. The van der Waals surface area contributed by atoms with Crippen LogP contribution in [-0.4, -0.2) is 43.5 Å².